The van der Waals surface area contributed by atoms with Gasteiger partial charge in [-0.1, -0.05) is 18.2 Å². The van der Waals surface area contributed by atoms with E-state index in [0.29, 0.717) is 11.5 Å². The summed E-state index contributed by atoms with van der Waals surface area (Å²) < 4.78 is 22.9. The van der Waals surface area contributed by atoms with E-state index in [0.717, 1.165) is 32.5 Å². The van der Waals surface area contributed by atoms with Gasteiger partial charge in [-0.25, -0.2) is 8.42 Å². The van der Waals surface area contributed by atoms with Gasteiger partial charge in [0.2, 0.25) is 0 Å². The van der Waals surface area contributed by atoms with Crippen LogP contribution in [0.25, 0.3) is 0 Å². The fourth-order valence-corrected chi connectivity index (χ4v) is 5.03. The highest BCUT2D eigenvalue weighted by atomic mass is 32.2. The number of sulfone groups is 1. The van der Waals surface area contributed by atoms with Crippen molar-refractivity contribution in [3.63, 3.8) is 0 Å². The molecule has 0 bridgehead atoms. The summed E-state index contributed by atoms with van der Waals surface area (Å²) in [6.45, 7) is 2.65. The van der Waals surface area contributed by atoms with E-state index in [9.17, 15) is 8.42 Å². The van der Waals surface area contributed by atoms with E-state index in [1.54, 1.807) is 0 Å². The molecular formula is C15H22N2O2S. The molecule has 0 saturated carbocycles. The van der Waals surface area contributed by atoms with Crippen molar-refractivity contribution in [2.75, 3.05) is 29.9 Å². The number of anilines is 1. The Morgan fingerprint density at radius 2 is 2.25 bits per heavy atom. The summed E-state index contributed by atoms with van der Waals surface area (Å²) in [5.41, 5.74) is 3.98. The van der Waals surface area contributed by atoms with Crippen molar-refractivity contribution in [1.82, 2.24) is 5.32 Å². The molecule has 4 nitrogen and oxygen atoms in total. The molecule has 1 unspecified atom stereocenters. The first kappa shape index (κ1) is 13.9. The molecule has 3 rings (SSSR count). The van der Waals surface area contributed by atoms with E-state index in [1.165, 1.54) is 23.2 Å². The van der Waals surface area contributed by atoms with Gasteiger partial charge >= 0.3 is 0 Å². The maximum absolute atomic E-state index is 11.4. The first-order valence-corrected chi connectivity index (χ1v) is 9.22. The highest BCUT2D eigenvalue weighted by molar-refractivity contribution is 7.91. The number of para-hydroxylation sites is 1. The molecule has 0 radical (unpaired) electrons. The Balaban J connectivity index is 1.57. The standard InChI is InChI=1S/C15H22N2O2S/c18-20(19)8-6-12(11-20)9-16-10-14-4-1-3-13-5-2-7-17-15(13)14/h1,3-4,12,16-17H,2,5-11H2. The van der Waals surface area contributed by atoms with Crippen molar-refractivity contribution in [2.45, 2.75) is 25.8 Å². The minimum atomic E-state index is -2.76. The van der Waals surface area contributed by atoms with Crippen molar-refractivity contribution in [3.05, 3.63) is 29.3 Å². The normalized spacial score (nSPS) is 24.1. The zero-order valence-corrected chi connectivity index (χ0v) is 12.5. The summed E-state index contributed by atoms with van der Waals surface area (Å²) in [5, 5.41) is 6.91. The molecule has 1 aromatic rings. The van der Waals surface area contributed by atoms with Gasteiger partial charge in [0.1, 0.15) is 0 Å². The van der Waals surface area contributed by atoms with Crippen LogP contribution in [0.4, 0.5) is 5.69 Å². The van der Waals surface area contributed by atoms with Crippen molar-refractivity contribution < 1.29 is 8.42 Å². The molecule has 2 heterocycles. The monoisotopic (exact) mass is 294 g/mol. The molecule has 1 fully saturated rings. The highest BCUT2D eigenvalue weighted by Gasteiger charge is 2.27. The van der Waals surface area contributed by atoms with Gasteiger partial charge in [-0.05, 0) is 42.9 Å². The minimum absolute atomic E-state index is 0.285. The van der Waals surface area contributed by atoms with E-state index < -0.39 is 9.84 Å². The van der Waals surface area contributed by atoms with Crippen LogP contribution in [0.5, 0.6) is 0 Å². The van der Waals surface area contributed by atoms with Crippen molar-refractivity contribution >= 4 is 15.5 Å². The van der Waals surface area contributed by atoms with Crippen LogP contribution in [-0.4, -0.2) is 33.0 Å². The van der Waals surface area contributed by atoms with Crippen LogP contribution in [0.3, 0.4) is 0 Å². The second-order valence-electron chi connectivity index (χ2n) is 5.88. The smallest absolute Gasteiger partial charge is 0.150 e. The first-order valence-electron chi connectivity index (χ1n) is 7.40. The SMILES string of the molecule is O=S1(=O)CCC(CNCc2cccc3c2NCCC3)C1. The molecule has 0 spiro atoms. The summed E-state index contributed by atoms with van der Waals surface area (Å²) >= 11 is 0. The van der Waals surface area contributed by atoms with Gasteiger partial charge < -0.3 is 10.6 Å². The molecule has 0 amide bonds. The van der Waals surface area contributed by atoms with Crippen molar-refractivity contribution in [2.24, 2.45) is 5.92 Å². The molecule has 0 aromatic heterocycles. The largest absolute Gasteiger partial charge is 0.385 e. The number of benzene rings is 1. The Kier molecular flexibility index (Phi) is 3.98. The lowest BCUT2D eigenvalue weighted by atomic mass is 9.99. The molecule has 20 heavy (non-hydrogen) atoms. The maximum Gasteiger partial charge on any atom is 0.150 e. The van der Waals surface area contributed by atoms with Gasteiger partial charge in [0.25, 0.3) is 0 Å². The van der Waals surface area contributed by atoms with Crippen LogP contribution in [0.1, 0.15) is 24.0 Å². The third kappa shape index (κ3) is 3.15. The molecule has 2 aliphatic heterocycles. The quantitative estimate of drug-likeness (QED) is 0.885. The average molecular weight is 294 g/mol. The fraction of sp³-hybridized carbons (Fsp3) is 0.600. The van der Waals surface area contributed by atoms with E-state index >= 15 is 0 Å². The lowest BCUT2D eigenvalue weighted by Gasteiger charge is -2.21. The minimum Gasteiger partial charge on any atom is -0.385 e. The van der Waals surface area contributed by atoms with Crippen LogP contribution >= 0.6 is 0 Å². The van der Waals surface area contributed by atoms with E-state index in [-0.39, 0.29) is 5.92 Å². The Bertz CT molecular complexity index is 584. The highest BCUT2D eigenvalue weighted by Crippen LogP contribution is 2.26. The fourth-order valence-electron chi connectivity index (χ4n) is 3.17. The zero-order chi connectivity index (χ0) is 14.0. The van der Waals surface area contributed by atoms with Gasteiger partial charge in [-0.2, -0.15) is 0 Å². The van der Waals surface area contributed by atoms with Gasteiger partial charge in [-0.15, -0.1) is 0 Å². The second-order valence-corrected chi connectivity index (χ2v) is 8.11. The second kappa shape index (κ2) is 5.74. The van der Waals surface area contributed by atoms with Gasteiger partial charge in [0, 0.05) is 18.8 Å². The Morgan fingerprint density at radius 3 is 3.05 bits per heavy atom. The molecule has 1 saturated heterocycles. The average Bonchev–Trinajstić information content (AvgIpc) is 2.79. The molecule has 0 aliphatic carbocycles. The van der Waals surface area contributed by atoms with Gasteiger partial charge in [0.15, 0.2) is 9.84 Å². The maximum atomic E-state index is 11.4. The van der Waals surface area contributed by atoms with Crippen molar-refractivity contribution in [3.8, 4) is 0 Å². The summed E-state index contributed by atoms with van der Waals surface area (Å²) in [6, 6.07) is 6.45. The predicted octanol–water partition coefficient (Wildman–Crippen LogP) is 1.57. The van der Waals surface area contributed by atoms with E-state index in [1.807, 2.05) is 0 Å². The molecular weight excluding hydrogens is 272 g/mol. The van der Waals surface area contributed by atoms with Crippen LogP contribution < -0.4 is 10.6 Å². The topological polar surface area (TPSA) is 58.2 Å². The summed E-state index contributed by atoms with van der Waals surface area (Å²) in [4.78, 5) is 0. The third-order valence-electron chi connectivity index (χ3n) is 4.24. The van der Waals surface area contributed by atoms with E-state index in [2.05, 4.69) is 28.8 Å². The lowest BCUT2D eigenvalue weighted by molar-refractivity contribution is 0.521. The summed E-state index contributed by atoms with van der Waals surface area (Å²) in [6.07, 6.45) is 3.15. The molecule has 5 heteroatoms. The Morgan fingerprint density at radius 1 is 1.35 bits per heavy atom. The number of hydrogen-bond acceptors (Lipinski definition) is 4. The molecule has 2 N–H and O–H groups in total. The summed E-state index contributed by atoms with van der Waals surface area (Å²) in [5.74, 6) is 1.000. The number of hydrogen-bond donors (Lipinski definition) is 2. The number of fused-ring (bicyclic) bond motifs is 1. The van der Waals surface area contributed by atoms with Crippen molar-refractivity contribution in [1.29, 1.82) is 0 Å². The molecule has 110 valence electrons. The van der Waals surface area contributed by atoms with Gasteiger partial charge in [-0.3, -0.25) is 0 Å². The number of nitrogens with one attached hydrogen (secondary N) is 2. The van der Waals surface area contributed by atoms with Gasteiger partial charge in [0.05, 0.1) is 11.5 Å². The Labute approximate surface area is 120 Å². The molecule has 1 aromatic carbocycles. The summed E-state index contributed by atoms with van der Waals surface area (Å²) in [7, 11) is -2.76. The lowest BCUT2D eigenvalue weighted by Crippen LogP contribution is -2.24. The number of aryl methyl sites for hydroxylation is 1. The predicted molar refractivity (Wildman–Crippen MR) is 81.7 cm³/mol. The Hall–Kier alpha value is -1.07. The van der Waals surface area contributed by atoms with Crippen LogP contribution in [0.15, 0.2) is 18.2 Å². The number of rotatable bonds is 4. The van der Waals surface area contributed by atoms with Crippen LogP contribution in [0.2, 0.25) is 0 Å². The third-order valence-corrected chi connectivity index (χ3v) is 6.07. The first-order chi connectivity index (χ1) is 9.64. The van der Waals surface area contributed by atoms with Crippen LogP contribution in [0, 0.1) is 5.92 Å². The van der Waals surface area contributed by atoms with Crippen LogP contribution in [-0.2, 0) is 22.8 Å². The zero-order valence-electron chi connectivity index (χ0n) is 11.7. The van der Waals surface area contributed by atoms with E-state index in [4.69, 9.17) is 0 Å². The molecule has 1 atom stereocenters. The molecule has 2 aliphatic rings.